The van der Waals surface area contributed by atoms with E-state index in [1.807, 2.05) is 0 Å². The molecule has 1 heterocycles. The Morgan fingerprint density at radius 2 is 2.38 bits per heavy atom. The summed E-state index contributed by atoms with van der Waals surface area (Å²) in [4.78, 5) is 21.5. The summed E-state index contributed by atoms with van der Waals surface area (Å²) in [6.45, 7) is 1.39. The number of carbonyl (C=O) groups excluding carboxylic acids is 2. The molecule has 0 bridgehead atoms. The van der Waals surface area contributed by atoms with Gasteiger partial charge in [-0.3, -0.25) is 4.79 Å². The van der Waals surface area contributed by atoms with Crippen molar-refractivity contribution >= 4 is 12.2 Å². The van der Waals surface area contributed by atoms with Crippen molar-refractivity contribution in [2.24, 2.45) is 16.9 Å². The number of hydrogen-bond donors (Lipinski definition) is 3. The third-order valence-corrected chi connectivity index (χ3v) is 2.52. The molecule has 0 aromatic carbocycles. The maximum atomic E-state index is 10.8. The topological polar surface area (TPSA) is 98.2 Å². The highest BCUT2D eigenvalue weighted by molar-refractivity contribution is 5.80. The standard InChI is InChI=1S/C8H15N3O2/c9-6(7(10)13)3-8(5-12)1-2-11-4-8/h5-6,11H,1-4,9H2,(H2,10,13)/t6-,8+/m0/s1. The van der Waals surface area contributed by atoms with Crippen LogP contribution in [-0.4, -0.2) is 31.3 Å². The first-order chi connectivity index (χ1) is 6.09. The summed E-state index contributed by atoms with van der Waals surface area (Å²) in [5.41, 5.74) is 10.0. The van der Waals surface area contributed by atoms with Gasteiger partial charge in [0.15, 0.2) is 0 Å². The molecule has 5 N–H and O–H groups in total. The third-order valence-electron chi connectivity index (χ3n) is 2.52. The van der Waals surface area contributed by atoms with Gasteiger partial charge >= 0.3 is 0 Å². The minimum absolute atomic E-state index is 0.346. The Balaban J connectivity index is 2.57. The van der Waals surface area contributed by atoms with Gasteiger partial charge < -0.3 is 21.6 Å². The lowest BCUT2D eigenvalue weighted by atomic mass is 9.82. The van der Waals surface area contributed by atoms with Gasteiger partial charge in [0.05, 0.1) is 6.04 Å². The fraction of sp³-hybridized carbons (Fsp3) is 0.750. The number of primary amides is 1. The second-order valence-corrected chi connectivity index (χ2v) is 3.62. The molecule has 1 aliphatic heterocycles. The predicted octanol–water partition coefficient (Wildman–Crippen LogP) is -1.63. The molecule has 2 atom stereocenters. The van der Waals surface area contributed by atoms with Gasteiger partial charge in [0, 0.05) is 12.0 Å². The van der Waals surface area contributed by atoms with Crippen molar-refractivity contribution in [2.75, 3.05) is 13.1 Å². The average Bonchev–Trinajstić information content (AvgIpc) is 2.54. The lowest BCUT2D eigenvalue weighted by Crippen LogP contribution is -2.42. The molecule has 5 heteroatoms. The van der Waals surface area contributed by atoms with Crippen molar-refractivity contribution in [3.8, 4) is 0 Å². The van der Waals surface area contributed by atoms with Crippen LogP contribution in [0.3, 0.4) is 0 Å². The second kappa shape index (κ2) is 3.85. The van der Waals surface area contributed by atoms with E-state index in [1.165, 1.54) is 0 Å². The van der Waals surface area contributed by atoms with Crippen LogP contribution < -0.4 is 16.8 Å². The number of nitrogens with one attached hydrogen (secondary N) is 1. The average molecular weight is 185 g/mol. The van der Waals surface area contributed by atoms with E-state index >= 15 is 0 Å². The van der Waals surface area contributed by atoms with Crippen LogP contribution in [0.4, 0.5) is 0 Å². The molecule has 0 unspecified atom stereocenters. The maximum absolute atomic E-state index is 10.8. The molecule has 1 rings (SSSR count). The van der Waals surface area contributed by atoms with Crippen LogP contribution >= 0.6 is 0 Å². The van der Waals surface area contributed by atoms with E-state index in [0.29, 0.717) is 13.0 Å². The number of rotatable bonds is 4. The molecule has 1 amide bonds. The normalized spacial score (nSPS) is 29.9. The Labute approximate surface area is 76.8 Å². The monoisotopic (exact) mass is 185 g/mol. The number of nitrogens with two attached hydrogens (primary N) is 2. The van der Waals surface area contributed by atoms with E-state index in [0.717, 1.165) is 19.3 Å². The van der Waals surface area contributed by atoms with E-state index in [1.54, 1.807) is 0 Å². The fourth-order valence-corrected chi connectivity index (χ4v) is 1.62. The zero-order chi connectivity index (χ0) is 9.90. The summed E-state index contributed by atoms with van der Waals surface area (Å²) < 4.78 is 0. The Morgan fingerprint density at radius 1 is 1.69 bits per heavy atom. The number of aldehydes is 1. The van der Waals surface area contributed by atoms with Crippen LogP contribution in [0.15, 0.2) is 0 Å². The lowest BCUT2D eigenvalue weighted by molar-refractivity contribution is -0.121. The van der Waals surface area contributed by atoms with Crippen LogP contribution in [0.25, 0.3) is 0 Å². The van der Waals surface area contributed by atoms with Crippen LogP contribution in [0.1, 0.15) is 12.8 Å². The highest BCUT2D eigenvalue weighted by Gasteiger charge is 2.36. The summed E-state index contributed by atoms with van der Waals surface area (Å²) in [6, 6.07) is -0.718. The minimum Gasteiger partial charge on any atom is -0.368 e. The maximum Gasteiger partial charge on any atom is 0.234 e. The smallest absolute Gasteiger partial charge is 0.234 e. The molecule has 1 saturated heterocycles. The van der Waals surface area contributed by atoms with Crippen molar-refractivity contribution in [2.45, 2.75) is 18.9 Å². The first kappa shape index (κ1) is 10.1. The number of amides is 1. The molecular formula is C8H15N3O2. The summed E-state index contributed by atoms with van der Waals surface area (Å²) in [7, 11) is 0. The molecule has 0 aromatic rings. The summed E-state index contributed by atoms with van der Waals surface area (Å²) in [6.07, 6.45) is 1.96. The van der Waals surface area contributed by atoms with Crippen molar-refractivity contribution in [3.63, 3.8) is 0 Å². The van der Waals surface area contributed by atoms with E-state index < -0.39 is 17.4 Å². The van der Waals surface area contributed by atoms with Crippen LogP contribution in [0.5, 0.6) is 0 Å². The third kappa shape index (κ3) is 2.26. The minimum atomic E-state index is -0.718. The highest BCUT2D eigenvalue weighted by atomic mass is 16.1. The quantitative estimate of drug-likeness (QED) is 0.458. The van der Waals surface area contributed by atoms with E-state index in [2.05, 4.69) is 5.32 Å². The van der Waals surface area contributed by atoms with Gasteiger partial charge in [0.1, 0.15) is 6.29 Å². The molecule has 0 radical (unpaired) electrons. The molecule has 0 aromatic heterocycles. The number of carbonyl (C=O) groups is 2. The zero-order valence-electron chi connectivity index (χ0n) is 7.45. The van der Waals surface area contributed by atoms with Gasteiger partial charge in [-0.25, -0.2) is 0 Å². The van der Waals surface area contributed by atoms with Gasteiger partial charge in [0.25, 0.3) is 0 Å². The Bertz CT molecular complexity index is 211. The SMILES string of the molecule is NC(=O)[C@@H](N)C[C@]1(C=O)CCNC1. The first-order valence-electron chi connectivity index (χ1n) is 4.32. The van der Waals surface area contributed by atoms with Crippen LogP contribution in [0, 0.1) is 5.41 Å². The van der Waals surface area contributed by atoms with Crippen LogP contribution in [-0.2, 0) is 9.59 Å². The molecule has 0 spiro atoms. The van der Waals surface area contributed by atoms with Crippen molar-refractivity contribution in [3.05, 3.63) is 0 Å². The molecule has 0 saturated carbocycles. The zero-order valence-corrected chi connectivity index (χ0v) is 7.45. The van der Waals surface area contributed by atoms with Gasteiger partial charge in [0.2, 0.25) is 5.91 Å². The molecule has 1 fully saturated rings. The second-order valence-electron chi connectivity index (χ2n) is 3.62. The molecule has 74 valence electrons. The lowest BCUT2D eigenvalue weighted by Gasteiger charge is -2.23. The number of hydrogen-bond acceptors (Lipinski definition) is 4. The summed E-state index contributed by atoms with van der Waals surface area (Å²) in [5.74, 6) is -0.548. The molecular weight excluding hydrogens is 170 g/mol. The largest absolute Gasteiger partial charge is 0.368 e. The molecule has 1 aliphatic rings. The van der Waals surface area contributed by atoms with E-state index in [4.69, 9.17) is 11.5 Å². The Hall–Kier alpha value is -0.940. The van der Waals surface area contributed by atoms with Crippen LogP contribution in [0.2, 0.25) is 0 Å². The molecule has 5 nitrogen and oxygen atoms in total. The first-order valence-corrected chi connectivity index (χ1v) is 4.32. The molecule has 0 aliphatic carbocycles. The highest BCUT2D eigenvalue weighted by Crippen LogP contribution is 2.27. The molecule has 13 heavy (non-hydrogen) atoms. The fourth-order valence-electron chi connectivity index (χ4n) is 1.62. The Morgan fingerprint density at radius 3 is 2.77 bits per heavy atom. The van der Waals surface area contributed by atoms with Gasteiger partial charge in [-0.05, 0) is 19.4 Å². The van der Waals surface area contributed by atoms with Crippen molar-refractivity contribution < 1.29 is 9.59 Å². The van der Waals surface area contributed by atoms with E-state index in [-0.39, 0.29) is 0 Å². The summed E-state index contributed by atoms with van der Waals surface area (Å²) >= 11 is 0. The van der Waals surface area contributed by atoms with Gasteiger partial charge in [-0.2, -0.15) is 0 Å². The van der Waals surface area contributed by atoms with E-state index in [9.17, 15) is 9.59 Å². The summed E-state index contributed by atoms with van der Waals surface area (Å²) in [5, 5.41) is 3.07. The van der Waals surface area contributed by atoms with Gasteiger partial charge in [-0.15, -0.1) is 0 Å². The van der Waals surface area contributed by atoms with Crippen molar-refractivity contribution in [1.82, 2.24) is 5.32 Å². The van der Waals surface area contributed by atoms with Gasteiger partial charge in [-0.1, -0.05) is 0 Å². The Kier molecular flexibility index (Phi) is 3.00. The predicted molar refractivity (Wildman–Crippen MR) is 47.8 cm³/mol. The van der Waals surface area contributed by atoms with Crippen molar-refractivity contribution in [1.29, 1.82) is 0 Å².